The fraction of sp³-hybridized carbons (Fsp3) is 0.280. The third-order valence-corrected chi connectivity index (χ3v) is 6.06. The summed E-state index contributed by atoms with van der Waals surface area (Å²) in [5.74, 6) is 0.676. The molecule has 0 bridgehead atoms. The highest BCUT2D eigenvalue weighted by atomic mass is 16.6. The zero-order valence-corrected chi connectivity index (χ0v) is 18.7. The number of rotatable bonds is 8. The number of hydrogen-bond acceptors (Lipinski definition) is 8. The molecular weight excluding hydrogens is 436 g/mol. The van der Waals surface area contributed by atoms with E-state index in [4.69, 9.17) is 18.9 Å². The average molecular weight is 460 g/mol. The van der Waals surface area contributed by atoms with Gasteiger partial charge in [0.05, 0.1) is 24.4 Å². The first kappa shape index (κ1) is 21.8. The van der Waals surface area contributed by atoms with Crippen molar-refractivity contribution >= 4 is 16.6 Å². The van der Waals surface area contributed by atoms with Crippen LogP contribution in [0.5, 0.6) is 5.75 Å². The van der Waals surface area contributed by atoms with Gasteiger partial charge >= 0.3 is 0 Å². The number of nitrogens with zero attached hydrogens (tertiary/aromatic N) is 4. The molecular formula is C25H24N4O5. The second kappa shape index (κ2) is 9.48. The minimum atomic E-state index is -0.911. The topological polar surface area (TPSA) is 104 Å². The maximum absolute atomic E-state index is 12.1. The van der Waals surface area contributed by atoms with Crippen LogP contribution in [0.2, 0.25) is 0 Å². The van der Waals surface area contributed by atoms with Gasteiger partial charge in [0.25, 0.3) is 6.17 Å². The largest absolute Gasteiger partial charge is 0.484 e. The Bertz CT molecular complexity index is 1280. The van der Waals surface area contributed by atoms with E-state index >= 15 is 0 Å². The minimum absolute atomic E-state index is 0.218. The van der Waals surface area contributed by atoms with Crippen LogP contribution in [0.4, 0.5) is 5.69 Å². The summed E-state index contributed by atoms with van der Waals surface area (Å²) in [6, 6.07) is 17.3. The third-order valence-electron chi connectivity index (χ3n) is 6.06. The first-order valence-electron chi connectivity index (χ1n) is 11.0. The van der Waals surface area contributed by atoms with Gasteiger partial charge in [-0.3, -0.25) is 10.1 Å². The molecule has 9 nitrogen and oxygen atoms in total. The Kier molecular flexibility index (Phi) is 6.09. The average Bonchev–Trinajstić information content (AvgIpc) is 3.54. The van der Waals surface area contributed by atoms with Gasteiger partial charge in [0.2, 0.25) is 5.89 Å². The maximum Gasteiger partial charge on any atom is 0.292 e. The summed E-state index contributed by atoms with van der Waals surface area (Å²) in [4.78, 5) is 22.6. The lowest BCUT2D eigenvalue weighted by Crippen LogP contribution is -2.40. The molecule has 1 aliphatic heterocycles. The second-order valence-electron chi connectivity index (χ2n) is 8.19. The SMILES string of the molecule is COCC1CCN(c2ccc3ccc(-c4ncco4)nc3c2OCc2ccccc2)C1[N+](=O)[O-]. The fourth-order valence-corrected chi connectivity index (χ4v) is 4.49. The van der Waals surface area contributed by atoms with Gasteiger partial charge in [-0.2, -0.15) is 0 Å². The molecule has 1 saturated heterocycles. The lowest BCUT2D eigenvalue weighted by molar-refractivity contribution is -0.528. The number of ether oxygens (including phenoxy) is 2. The highest BCUT2D eigenvalue weighted by Crippen LogP contribution is 2.41. The minimum Gasteiger partial charge on any atom is -0.484 e. The van der Waals surface area contributed by atoms with Crippen LogP contribution in [-0.4, -0.2) is 41.3 Å². The Morgan fingerprint density at radius 2 is 2.00 bits per heavy atom. The van der Waals surface area contributed by atoms with E-state index in [1.807, 2.05) is 54.6 Å². The highest BCUT2D eigenvalue weighted by molar-refractivity contribution is 5.92. The molecule has 1 fully saturated rings. The molecule has 0 aliphatic carbocycles. The monoisotopic (exact) mass is 460 g/mol. The number of benzene rings is 2. The van der Waals surface area contributed by atoms with Crippen LogP contribution in [0.25, 0.3) is 22.5 Å². The Balaban J connectivity index is 1.62. The molecule has 0 radical (unpaired) electrons. The van der Waals surface area contributed by atoms with Gasteiger partial charge in [0.1, 0.15) is 24.1 Å². The van der Waals surface area contributed by atoms with Gasteiger partial charge < -0.3 is 18.8 Å². The zero-order chi connectivity index (χ0) is 23.5. The lowest BCUT2D eigenvalue weighted by Gasteiger charge is -2.25. The van der Waals surface area contributed by atoms with Gasteiger partial charge in [-0.15, -0.1) is 0 Å². The molecule has 5 rings (SSSR count). The lowest BCUT2D eigenvalue weighted by atomic mass is 10.1. The predicted molar refractivity (Wildman–Crippen MR) is 126 cm³/mol. The molecule has 0 spiro atoms. The standard InChI is InChI=1S/C25H24N4O5/c1-32-16-19-11-13-28(25(19)29(30)31)21-10-8-18-7-9-20(24-26-12-14-33-24)27-22(18)23(21)34-15-17-5-3-2-4-6-17/h2-10,12,14,19,25H,11,13,15-16H2,1H3. The van der Waals surface area contributed by atoms with E-state index in [2.05, 4.69) is 4.98 Å². The number of aromatic nitrogens is 2. The Morgan fingerprint density at radius 1 is 1.18 bits per heavy atom. The summed E-state index contributed by atoms with van der Waals surface area (Å²) in [7, 11) is 1.57. The summed E-state index contributed by atoms with van der Waals surface area (Å²) in [6.45, 7) is 1.14. The van der Waals surface area contributed by atoms with Crippen LogP contribution in [0, 0.1) is 16.0 Å². The molecule has 34 heavy (non-hydrogen) atoms. The molecule has 3 heterocycles. The van der Waals surface area contributed by atoms with Crippen LogP contribution in [-0.2, 0) is 11.3 Å². The van der Waals surface area contributed by atoms with Crippen molar-refractivity contribution in [2.75, 3.05) is 25.2 Å². The van der Waals surface area contributed by atoms with E-state index in [1.165, 1.54) is 6.26 Å². The fourth-order valence-electron chi connectivity index (χ4n) is 4.49. The van der Waals surface area contributed by atoms with E-state index in [9.17, 15) is 10.1 Å². The van der Waals surface area contributed by atoms with Gasteiger partial charge in [-0.05, 0) is 24.1 Å². The number of oxazole rings is 1. The van der Waals surface area contributed by atoms with Crippen LogP contribution in [0.3, 0.4) is 0 Å². The molecule has 0 N–H and O–H groups in total. The van der Waals surface area contributed by atoms with Gasteiger partial charge in [-0.25, -0.2) is 9.97 Å². The van der Waals surface area contributed by atoms with Crippen molar-refractivity contribution < 1.29 is 18.8 Å². The number of anilines is 1. The number of hydrogen-bond donors (Lipinski definition) is 0. The van der Waals surface area contributed by atoms with Crippen LogP contribution < -0.4 is 9.64 Å². The van der Waals surface area contributed by atoms with E-state index in [0.29, 0.717) is 54.7 Å². The third kappa shape index (κ3) is 4.17. The molecule has 2 atom stereocenters. The smallest absolute Gasteiger partial charge is 0.292 e. The highest BCUT2D eigenvalue weighted by Gasteiger charge is 2.44. The van der Waals surface area contributed by atoms with Crippen LogP contribution in [0.15, 0.2) is 71.5 Å². The molecule has 0 amide bonds. The molecule has 2 unspecified atom stereocenters. The number of methoxy groups -OCH3 is 1. The van der Waals surface area contributed by atoms with E-state index < -0.39 is 6.17 Å². The molecule has 0 saturated carbocycles. The van der Waals surface area contributed by atoms with Crippen molar-refractivity contribution in [1.82, 2.24) is 9.97 Å². The van der Waals surface area contributed by atoms with E-state index in [1.54, 1.807) is 18.2 Å². The van der Waals surface area contributed by atoms with E-state index in [-0.39, 0.29) is 10.8 Å². The van der Waals surface area contributed by atoms with Crippen LogP contribution in [0.1, 0.15) is 12.0 Å². The van der Waals surface area contributed by atoms with Crippen molar-refractivity contribution in [2.24, 2.45) is 5.92 Å². The van der Waals surface area contributed by atoms with Gasteiger partial charge in [0.15, 0.2) is 5.75 Å². The van der Waals surface area contributed by atoms with Crippen molar-refractivity contribution in [1.29, 1.82) is 0 Å². The van der Waals surface area contributed by atoms with Crippen molar-refractivity contribution in [2.45, 2.75) is 19.2 Å². The first-order chi connectivity index (χ1) is 16.7. The molecule has 2 aromatic heterocycles. The Morgan fingerprint density at radius 3 is 2.74 bits per heavy atom. The quantitative estimate of drug-likeness (QED) is 0.279. The Hall–Kier alpha value is -3.98. The number of pyridine rings is 1. The molecule has 4 aromatic rings. The van der Waals surface area contributed by atoms with Gasteiger partial charge in [-0.1, -0.05) is 42.5 Å². The Labute approximate surface area is 196 Å². The predicted octanol–water partition coefficient (Wildman–Crippen LogP) is 4.54. The summed E-state index contributed by atoms with van der Waals surface area (Å²) < 4.78 is 17.0. The normalized spacial score (nSPS) is 17.9. The maximum atomic E-state index is 12.1. The first-order valence-corrected chi connectivity index (χ1v) is 11.0. The molecule has 9 heteroatoms. The number of fused-ring (bicyclic) bond motifs is 1. The van der Waals surface area contributed by atoms with Crippen molar-refractivity contribution in [3.05, 3.63) is 82.7 Å². The second-order valence-corrected chi connectivity index (χ2v) is 8.19. The van der Waals surface area contributed by atoms with Crippen LogP contribution >= 0.6 is 0 Å². The van der Waals surface area contributed by atoms with Crippen molar-refractivity contribution in [3.8, 4) is 17.3 Å². The summed E-state index contributed by atoms with van der Waals surface area (Å²) >= 11 is 0. The van der Waals surface area contributed by atoms with Gasteiger partial charge in [0, 0.05) is 24.0 Å². The summed E-state index contributed by atoms with van der Waals surface area (Å²) in [6.07, 6.45) is 2.80. The summed E-state index contributed by atoms with van der Waals surface area (Å²) in [5, 5.41) is 12.9. The number of nitro groups is 1. The van der Waals surface area contributed by atoms with Crippen molar-refractivity contribution in [3.63, 3.8) is 0 Å². The molecule has 174 valence electrons. The molecule has 2 aromatic carbocycles. The molecule has 1 aliphatic rings. The van der Waals surface area contributed by atoms with E-state index in [0.717, 1.165) is 10.9 Å². The zero-order valence-electron chi connectivity index (χ0n) is 18.7. The summed E-state index contributed by atoms with van der Waals surface area (Å²) in [5.41, 5.74) is 2.78.